The number of nitrogens with zero attached hydrogens (tertiary/aromatic N) is 3. The van der Waals surface area contributed by atoms with Gasteiger partial charge in [-0.3, -0.25) is 4.79 Å². The third kappa shape index (κ3) is 4.65. The first kappa shape index (κ1) is 18.2. The fourth-order valence-corrected chi connectivity index (χ4v) is 3.52. The molecular formula is C16H21N3O4S. The molecule has 2 aromatic rings. The third-order valence-corrected chi connectivity index (χ3v) is 5.41. The van der Waals surface area contributed by atoms with Crippen LogP contribution in [-0.2, 0) is 28.2 Å². The lowest BCUT2D eigenvalue weighted by molar-refractivity contribution is -0.132. The van der Waals surface area contributed by atoms with Crippen molar-refractivity contribution in [1.29, 1.82) is 0 Å². The van der Waals surface area contributed by atoms with Gasteiger partial charge >= 0.3 is 0 Å². The van der Waals surface area contributed by atoms with Gasteiger partial charge in [0, 0.05) is 26.2 Å². The summed E-state index contributed by atoms with van der Waals surface area (Å²) in [4.78, 5) is 18.0. The standard InChI is InChI=1S/C16H21N3O4S/c1-18-13-17-11-14(18)12-19(8-9-20)16(21)7-10-24(22,23)15-5-3-2-4-6-15/h2-6,11,13,20H,7-10,12H2,1H3. The number of aromatic nitrogens is 2. The number of sulfone groups is 1. The van der Waals surface area contributed by atoms with Crippen molar-refractivity contribution in [3.05, 3.63) is 48.5 Å². The highest BCUT2D eigenvalue weighted by Gasteiger charge is 2.20. The second-order valence-corrected chi connectivity index (χ2v) is 7.53. The SMILES string of the molecule is Cn1cncc1CN(CCO)C(=O)CCS(=O)(=O)c1ccccc1. The molecule has 0 atom stereocenters. The number of aliphatic hydroxyl groups is 1. The fraction of sp³-hybridized carbons (Fsp3) is 0.375. The van der Waals surface area contributed by atoms with Gasteiger partial charge in [-0.2, -0.15) is 0 Å². The van der Waals surface area contributed by atoms with Gasteiger partial charge in [0.2, 0.25) is 5.91 Å². The highest BCUT2D eigenvalue weighted by molar-refractivity contribution is 7.91. The molecule has 0 fully saturated rings. The normalized spacial score (nSPS) is 11.4. The molecule has 1 heterocycles. The van der Waals surface area contributed by atoms with E-state index < -0.39 is 9.84 Å². The van der Waals surface area contributed by atoms with E-state index >= 15 is 0 Å². The first-order valence-corrected chi connectivity index (χ1v) is 9.21. The lowest BCUT2D eigenvalue weighted by Crippen LogP contribution is -2.34. The van der Waals surface area contributed by atoms with E-state index in [0.717, 1.165) is 5.69 Å². The first-order chi connectivity index (χ1) is 11.4. The van der Waals surface area contributed by atoms with Gasteiger partial charge in [0.1, 0.15) is 0 Å². The number of rotatable bonds is 8. The topological polar surface area (TPSA) is 92.5 Å². The summed E-state index contributed by atoms with van der Waals surface area (Å²) in [5, 5.41) is 9.16. The molecule has 24 heavy (non-hydrogen) atoms. The van der Waals surface area contributed by atoms with Crippen LogP contribution in [0.5, 0.6) is 0 Å². The predicted octanol–water partition coefficient (Wildman–Crippen LogP) is 0.605. The zero-order chi connectivity index (χ0) is 17.6. The minimum Gasteiger partial charge on any atom is -0.395 e. The number of carbonyl (C=O) groups excluding carboxylic acids is 1. The molecule has 0 aliphatic heterocycles. The number of benzene rings is 1. The highest BCUT2D eigenvalue weighted by atomic mass is 32.2. The van der Waals surface area contributed by atoms with Crippen LogP contribution in [-0.4, -0.2) is 52.8 Å². The number of hydrogen-bond acceptors (Lipinski definition) is 5. The number of hydrogen-bond donors (Lipinski definition) is 1. The summed E-state index contributed by atoms with van der Waals surface area (Å²) in [7, 11) is -1.69. The van der Waals surface area contributed by atoms with Crippen LogP contribution in [0.3, 0.4) is 0 Å². The molecule has 1 aromatic carbocycles. The molecular weight excluding hydrogens is 330 g/mol. The van der Waals surface area contributed by atoms with E-state index in [1.807, 2.05) is 7.05 Å². The Morgan fingerprint density at radius 3 is 2.58 bits per heavy atom. The number of aliphatic hydroxyl groups excluding tert-OH is 1. The van der Waals surface area contributed by atoms with E-state index in [2.05, 4.69) is 4.98 Å². The Hall–Kier alpha value is -2.19. The number of carbonyl (C=O) groups is 1. The van der Waals surface area contributed by atoms with Gasteiger partial charge < -0.3 is 14.6 Å². The molecule has 0 aliphatic carbocycles. The molecule has 0 saturated heterocycles. The van der Waals surface area contributed by atoms with Crippen molar-refractivity contribution in [2.24, 2.45) is 7.05 Å². The molecule has 8 heteroatoms. The lowest BCUT2D eigenvalue weighted by Gasteiger charge is -2.22. The van der Waals surface area contributed by atoms with Gasteiger partial charge in [0.15, 0.2) is 9.84 Å². The van der Waals surface area contributed by atoms with Crippen LogP contribution in [0.4, 0.5) is 0 Å². The number of amides is 1. The Morgan fingerprint density at radius 1 is 1.29 bits per heavy atom. The van der Waals surface area contributed by atoms with Crippen LogP contribution in [0.1, 0.15) is 12.1 Å². The monoisotopic (exact) mass is 351 g/mol. The zero-order valence-electron chi connectivity index (χ0n) is 13.5. The van der Waals surface area contributed by atoms with Crippen molar-refractivity contribution in [2.45, 2.75) is 17.9 Å². The maximum atomic E-state index is 12.4. The molecule has 0 saturated carbocycles. The summed E-state index contributed by atoms with van der Waals surface area (Å²) in [6, 6.07) is 8.06. The van der Waals surface area contributed by atoms with E-state index in [1.54, 1.807) is 35.3 Å². The maximum absolute atomic E-state index is 12.4. The highest BCUT2D eigenvalue weighted by Crippen LogP contribution is 2.12. The van der Waals surface area contributed by atoms with Crippen molar-refractivity contribution in [1.82, 2.24) is 14.5 Å². The van der Waals surface area contributed by atoms with Gasteiger partial charge in [0.05, 0.1) is 35.8 Å². The number of imidazole rings is 1. The van der Waals surface area contributed by atoms with Crippen molar-refractivity contribution < 1.29 is 18.3 Å². The van der Waals surface area contributed by atoms with Crippen LogP contribution < -0.4 is 0 Å². The smallest absolute Gasteiger partial charge is 0.224 e. The summed E-state index contributed by atoms with van der Waals surface area (Å²) in [5.74, 6) is -0.576. The molecule has 0 radical (unpaired) electrons. The summed E-state index contributed by atoms with van der Waals surface area (Å²) in [5.41, 5.74) is 0.808. The second-order valence-electron chi connectivity index (χ2n) is 5.42. The van der Waals surface area contributed by atoms with Crippen LogP contribution >= 0.6 is 0 Å². The molecule has 0 spiro atoms. The van der Waals surface area contributed by atoms with E-state index in [0.29, 0.717) is 0 Å². The Balaban J connectivity index is 2.01. The molecule has 1 N–H and O–H groups in total. The summed E-state index contributed by atoms with van der Waals surface area (Å²) >= 11 is 0. The molecule has 2 rings (SSSR count). The van der Waals surface area contributed by atoms with Gasteiger partial charge in [-0.1, -0.05) is 18.2 Å². The second kappa shape index (κ2) is 8.07. The van der Waals surface area contributed by atoms with E-state index in [9.17, 15) is 13.2 Å². The average molecular weight is 351 g/mol. The van der Waals surface area contributed by atoms with Crippen LogP contribution in [0, 0.1) is 0 Å². The van der Waals surface area contributed by atoms with Gasteiger partial charge in [0.25, 0.3) is 0 Å². The van der Waals surface area contributed by atoms with Gasteiger partial charge in [-0.15, -0.1) is 0 Å². The minimum atomic E-state index is -3.50. The molecule has 0 aliphatic rings. The van der Waals surface area contributed by atoms with E-state index in [4.69, 9.17) is 5.11 Å². The Bertz CT molecular complexity index is 772. The quantitative estimate of drug-likeness (QED) is 0.752. The molecule has 1 amide bonds. The zero-order valence-corrected chi connectivity index (χ0v) is 14.3. The average Bonchev–Trinajstić information content (AvgIpc) is 2.98. The van der Waals surface area contributed by atoms with E-state index in [1.165, 1.54) is 17.0 Å². The molecule has 0 bridgehead atoms. The summed E-state index contributed by atoms with van der Waals surface area (Å²) < 4.78 is 26.3. The minimum absolute atomic E-state index is 0.130. The maximum Gasteiger partial charge on any atom is 0.224 e. The van der Waals surface area contributed by atoms with Crippen molar-refractivity contribution >= 4 is 15.7 Å². The van der Waals surface area contributed by atoms with Crippen LogP contribution in [0.25, 0.3) is 0 Å². The van der Waals surface area contributed by atoms with Crippen molar-refractivity contribution in [3.63, 3.8) is 0 Å². The Morgan fingerprint density at radius 2 is 2.00 bits per heavy atom. The lowest BCUT2D eigenvalue weighted by atomic mass is 10.3. The van der Waals surface area contributed by atoms with Crippen molar-refractivity contribution in [2.75, 3.05) is 18.9 Å². The molecule has 7 nitrogen and oxygen atoms in total. The Kier molecular flexibility index (Phi) is 6.10. The number of aryl methyl sites for hydroxylation is 1. The fourth-order valence-electron chi connectivity index (χ4n) is 2.27. The summed E-state index contributed by atoms with van der Waals surface area (Å²) in [6.45, 7) is 0.242. The predicted molar refractivity (Wildman–Crippen MR) is 88.8 cm³/mol. The first-order valence-electron chi connectivity index (χ1n) is 7.55. The van der Waals surface area contributed by atoms with Crippen LogP contribution in [0.15, 0.2) is 47.8 Å². The van der Waals surface area contributed by atoms with E-state index in [-0.39, 0.29) is 42.7 Å². The largest absolute Gasteiger partial charge is 0.395 e. The Labute approximate surface area is 141 Å². The third-order valence-electron chi connectivity index (χ3n) is 3.68. The van der Waals surface area contributed by atoms with Gasteiger partial charge in [-0.25, -0.2) is 13.4 Å². The molecule has 130 valence electrons. The molecule has 1 aromatic heterocycles. The van der Waals surface area contributed by atoms with Gasteiger partial charge in [-0.05, 0) is 12.1 Å². The molecule has 0 unspecified atom stereocenters. The summed E-state index contributed by atoms with van der Waals surface area (Å²) in [6.07, 6.45) is 3.13. The van der Waals surface area contributed by atoms with Crippen LogP contribution in [0.2, 0.25) is 0 Å². The van der Waals surface area contributed by atoms with Crippen molar-refractivity contribution in [3.8, 4) is 0 Å².